The molecule has 0 unspecified atom stereocenters. The van der Waals surface area contributed by atoms with E-state index >= 15 is 0 Å². The number of aliphatic hydroxyl groups is 1. The Hall–Kier alpha value is -1.68. The van der Waals surface area contributed by atoms with E-state index in [0.717, 1.165) is 5.56 Å². The van der Waals surface area contributed by atoms with Crippen LogP contribution in [-0.4, -0.2) is 25.6 Å². The molecule has 0 atom stereocenters. The molecule has 1 heterocycles. The van der Waals surface area contributed by atoms with Crippen LogP contribution in [0.15, 0.2) is 18.2 Å². The molecule has 1 aromatic rings. The first kappa shape index (κ1) is 9.86. The molecule has 0 radical (unpaired) electrons. The number of hydrogen-bond acceptors (Lipinski definition) is 4. The summed E-state index contributed by atoms with van der Waals surface area (Å²) in [5, 5.41) is 8.70. The summed E-state index contributed by atoms with van der Waals surface area (Å²) in [5.74, 6) is 2.09. The molecule has 2 rings (SSSR count). The Labute approximate surface area is 87.7 Å². The number of benzene rings is 1. The first-order chi connectivity index (χ1) is 7.35. The maximum atomic E-state index is 8.70. The minimum atomic E-state index is -0.00238. The molecule has 0 bridgehead atoms. The van der Waals surface area contributed by atoms with Crippen molar-refractivity contribution in [2.24, 2.45) is 0 Å². The van der Waals surface area contributed by atoms with E-state index in [4.69, 9.17) is 19.3 Å². The fourth-order valence-electron chi connectivity index (χ4n) is 1.43. The van der Waals surface area contributed by atoms with Crippen LogP contribution in [0.2, 0.25) is 0 Å². The molecule has 1 aromatic carbocycles. The fourth-order valence-corrected chi connectivity index (χ4v) is 1.43. The van der Waals surface area contributed by atoms with Crippen LogP contribution in [0.4, 0.5) is 0 Å². The number of aliphatic hydroxyl groups excluding tert-OH is 1. The molecule has 0 aliphatic carbocycles. The first-order valence-corrected chi connectivity index (χ1v) is 4.60. The Bertz CT molecular complexity index is 384. The van der Waals surface area contributed by atoms with Crippen molar-refractivity contribution in [3.8, 4) is 17.2 Å². The lowest BCUT2D eigenvalue weighted by Crippen LogP contribution is -1.92. The highest BCUT2D eigenvalue weighted by molar-refractivity contribution is 5.63. The van der Waals surface area contributed by atoms with Gasteiger partial charge in [0.05, 0.1) is 13.7 Å². The van der Waals surface area contributed by atoms with E-state index in [1.165, 1.54) is 0 Å². The van der Waals surface area contributed by atoms with Crippen LogP contribution < -0.4 is 14.2 Å². The number of ether oxygens (including phenoxy) is 3. The third kappa shape index (κ3) is 1.89. The molecule has 0 aromatic heterocycles. The molecule has 0 amide bonds. The van der Waals surface area contributed by atoms with Crippen molar-refractivity contribution in [2.75, 3.05) is 20.5 Å². The van der Waals surface area contributed by atoms with Gasteiger partial charge in [-0.1, -0.05) is 12.2 Å². The predicted molar refractivity (Wildman–Crippen MR) is 55.2 cm³/mol. The molecule has 1 aliphatic heterocycles. The maximum Gasteiger partial charge on any atom is 0.231 e. The van der Waals surface area contributed by atoms with Gasteiger partial charge in [-0.3, -0.25) is 0 Å². The van der Waals surface area contributed by atoms with Gasteiger partial charge in [-0.05, 0) is 6.07 Å². The average Bonchev–Trinajstić information content (AvgIpc) is 2.71. The molecule has 15 heavy (non-hydrogen) atoms. The van der Waals surface area contributed by atoms with Gasteiger partial charge in [0.15, 0.2) is 11.5 Å². The van der Waals surface area contributed by atoms with E-state index in [-0.39, 0.29) is 13.4 Å². The van der Waals surface area contributed by atoms with Gasteiger partial charge in [-0.15, -0.1) is 0 Å². The second-order valence-electron chi connectivity index (χ2n) is 3.03. The Kier molecular flexibility index (Phi) is 2.78. The largest absolute Gasteiger partial charge is 0.496 e. The Morgan fingerprint density at radius 1 is 1.40 bits per heavy atom. The molecule has 1 aliphatic rings. The van der Waals surface area contributed by atoms with Gasteiger partial charge < -0.3 is 19.3 Å². The summed E-state index contributed by atoms with van der Waals surface area (Å²) in [4.78, 5) is 0. The highest BCUT2D eigenvalue weighted by Crippen LogP contribution is 2.38. The van der Waals surface area contributed by atoms with Gasteiger partial charge in [0, 0.05) is 11.6 Å². The Balaban J connectivity index is 2.39. The van der Waals surface area contributed by atoms with Crippen LogP contribution in [-0.2, 0) is 0 Å². The highest BCUT2D eigenvalue weighted by atomic mass is 16.7. The second kappa shape index (κ2) is 4.23. The molecule has 1 N–H and O–H groups in total. The number of rotatable bonds is 3. The minimum Gasteiger partial charge on any atom is -0.496 e. The van der Waals surface area contributed by atoms with Crippen LogP contribution in [0, 0.1) is 0 Å². The van der Waals surface area contributed by atoms with E-state index in [2.05, 4.69) is 0 Å². The molecule has 4 nitrogen and oxygen atoms in total. The topological polar surface area (TPSA) is 47.9 Å². The molecule has 0 saturated heterocycles. The normalized spacial score (nSPS) is 13.5. The zero-order valence-corrected chi connectivity index (χ0v) is 8.40. The number of methoxy groups -OCH3 is 1. The van der Waals surface area contributed by atoms with E-state index in [9.17, 15) is 0 Å². The van der Waals surface area contributed by atoms with Crippen LogP contribution in [0.3, 0.4) is 0 Å². The van der Waals surface area contributed by atoms with Crippen molar-refractivity contribution in [2.45, 2.75) is 0 Å². The smallest absolute Gasteiger partial charge is 0.231 e. The summed E-state index contributed by atoms with van der Waals surface area (Å²) in [6, 6.07) is 3.60. The van der Waals surface area contributed by atoms with E-state index in [1.807, 2.05) is 6.07 Å². The van der Waals surface area contributed by atoms with E-state index in [1.54, 1.807) is 25.3 Å². The minimum absolute atomic E-state index is 0.00238. The van der Waals surface area contributed by atoms with Crippen LogP contribution in [0.1, 0.15) is 5.56 Å². The second-order valence-corrected chi connectivity index (χ2v) is 3.03. The summed E-state index contributed by atoms with van der Waals surface area (Å²) in [6.45, 7) is 0.239. The van der Waals surface area contributed by atoms with Crippen LogP contribution >= 0.6 is 0 Å². The van der Waals surface area contributed by atoms with Gasteiger partial charge in [-0.2, -0.15) is 0 Å². The molecule has 0 saturated carbocycles. The van der Waals surface area contributed by atoms with Crippen molar-refractivity contribution < 1.29 is 19.3 Å². The van der Waals surface area contributed by atoms with Gasteiger partial charge in [0.1, 0.15) is 5.75 Å². The third-order valence-corrected chi connectivity index (χ3v) is 2.13. The number of fused-ring (bicyclic) bond motifs is 1. The summed E-state index contributed by atoms with van der Waals surface area (Å²) in [5.41, 5.74) is 0.857. The first-order valence-electron chi connectivity index (χ1n) is 4.60. The molecular formula is C11H12O4. The lowest BCUT2D eigenvalue weighted by molar-refractivity contribution is 0.174. The Morgan fingerprint density at radius 3 is 2.80 bits per heavy atom. The Morgan fingerprint density at radius 2 is 2.13 bits per heavy atom. The fraction of sp³-hybridized carbons (Fsp3) is 0.273. The highest BCUT2D eigenvalue weighted by Gasteiger charge is 2.16. The predicted octanol–water partition coefficient (Wildman–Crippen LogP) is 1.43. The molecule has 80 valence electrons. The SMILES string of the molecule is COc1cc2c(cc1/C=C/CO)OCO2. The van der Waals surface area contributed by atoms with Gasteiger partial charge in [0.25, 0.3) is 0 Å². The van der Waals surface area contributed by atoms with E-state index in [0.29, 0.717) is 17.2 Å². The van der Waals surface area contributed by atoms with Crippen LogP contribution in [0.25, 0.3) is 6.08 Å². The van der Waals surface area contributed by atoms with Gasteiger partial charge in [-0.25, -0.2) is 0 Å². The lowest BCUT2D eigenvalue weighted by Gasteiger charge is -2.06. The van der Waals surface area contributed by atoms with Crippen molar-refractivity contribution in [1.82, 2.24) is 0 Å². The van der Waals surface area contributed by atoms with Crippen molar-refractivity contribution in [1.29, 1.82) is 0 Å². The van der Waals surface area contributed by atoms with Crippen LogP contribution in [0.5, 0.6) is 17.2 Å². The zero-order valence-electron chi connectivity index (χ0n) is 8.40. The zero-order chi connectivity index (χ0) is 10.7. The van der Waals surface area contributed by atoms with Crippen molar-refractivity contribution in [3.63, 3.8) is 0 Å². The standard InChI is InChI=1S/C11H12O4/c1-13-9-6-11-10(14-7-15-11)5-8(9)3-2-4-12/h2-3,5-6,12H,4,7H2,1H3/b3-2+. The molecule has 0 spiro atoms. The summed E-state index contributed by atoms with van der Waals surface area (Å²) in [6.07, 6.45) is 3.42. The molecular weight excluding hydrogens is 196 g/mol. The average molecular weight is 208 g/mol. The number of hydrogen-bond donors (Lipinski definition) is 1. The molecule has 4 heteroatoms. The summed E-state index contributed by atoms with van der Waals surface area (Å²) >= 11 is 0. The third-order valence-electron chi connectivity index (χ3n) is 2.13. The molecule has 0 fully saturated rings. The lowest BCUT2D eigenvalue weighted by atomic mass is 10.1. The monoisotopic (exact) mass is 208 g/mol. The summed E-state index contributed by atoms with van der Waals surface area (Å²) < 4.78 is 15.7. The summed E-state index contributed by atoms with van der Waals surface area (Å²) in [7, 11) is 1.59. The quantitative estimate of drug-likeness (QED) is 0.816. The van der Waals surface area contributed by atoms with Gasteiger partial charge in [0.2, 0.25) is 6.79 Å². The van der Waals surface area contributed by atoms with Gasteiger partial charge >= 0.3 is 0 Å². The van der Waals surface area contributed by atoms with Crippen molar-refractivity contribution >= 4 is 6.08 Å². The maximum absolute atomic E-state index is 8.70. The van der Waals surface area contributed by atoms with E-state index < -0.39 is 0 Å². The van der Waals surface area contributed by atoms with Crippen molar-refractivity contribution in [3.05, 3.63) is 23.8 Å².